The Hall–Kier alpha value is -2.03. The van der Waals surface area contributed by atoms with Crippen molar-refractivity contribution in [3.05, 3.63) is 65.2 Å². The van der Waals surface area contributed by atoms with Gasteiger partial charge in [0.05, 0.1) is 0 Å². The first-order valence-corrected chi connectivity index (χ1v) is 4.89. The molecule has 0 aliphatic heterocycles. The second-order valence-corrected chi connectivity index (χ2v) is 3.59. The van der Waals surface area contributed by atoms with Crippen molar-refractivity contribution in [2.75, 3.05) is 0 Å². The lowest BCUT2D eigenvalue weighted by atomic mass is 10.0. The molecule has 80 valence electrons. The van der Waals surface area contributed by atoms with Crippen LogP contribution in [0.4, 0.5) is 4.39 Å². The molecule has 1 aromatic carbocycles. The maximum Gasteiger partial charge on any atom is 0.194 e. The molecule has 2 aromatic rings. The summed E-state index contributed by atoms with van der Waals surface area (Å²) in [5.41, 5.74) is 1.72. The topological polar surface area (TPSA) is 30.0 Å². The fourth-order valence-corrected chi connectivity index (χ4v) is 1.48. The van der Waals surface area contributed by atoms with Crippen LogP contribution in [0.2, 0.25) is 0 Å². The zero-order valence-corrected chi connectivity index (χ0v) is 8.77. The predicted molar refractivity (Wildman–Crippen MR) is 58.8 cm³/mol. The lowest BCUT2D eigenvalue weighted by Crippen LogP contribution is -2.02. The molecule has 0 unspecified atom stereocenters. The third kappa shape index (κ3) is 2.14. The summed E-state index contributed by atoms with van der Waals surface area (Å²) in [4.78, 5) is 15.9. The fraction of sp³-hybridized carbons (Fsp3) is 0.0769. The minimum Gasteiger partial charge on any atom is -0.289 e. The van der Waals surface area contributed by atoms with Crippen LogP contribution in [0.3, 0.4) is 0 Å². The van der Waals surface area contributed by atoms with Crippen molar-refractivity contribution in [2.24, 2.45) is 0 Å². The summed E-state index contributed by atoms with van der Waals surface area (Å²) < 4.78 is 13.0. The van der Waals surface area contributed by atoms with E-state index in [1.54, 1.807) is 18.3 Å². The first-order chi connectivity index (χ1) is 7.66. The summed E-state index contributed by atoms with van der Waals surface area (Å²) in [6.45, 7) is 1.86. The third-order valence-electron chi connectivity index (χ3n) is 2.22. The van der Waals surface area contributed by atoms with Gasteiger partial charge >= 0.3 is 0 Å². The molecule has 1 heterocycles. The minimum atomic E-state index is -0.411. The lowest BCUT2D eigenvalue weighted by molar-refractivity contribution is 0.103. The lowest BCUT2D eigenvalue weighted by Gasteiger charge is -2.01. The highest BCUT2D eigenvalue weighted by atomic mass is 19.1. The Morgan fingerprint density at radius 3 is 2.69 bits per heavy atom. The number of aryl methyl sites for hydroxylation is 1. The first kappa shape index (κ1) is 10.5. The van der Waals surface area contributed by atoms with E-state index < -0.39 is 5.82 Å². The van der Waals surface area contributed by atoms with Gasteiger partial charge in [-0.25, -0.2) is 4.39 Å². The van der Waals surface area contributed by atoms with Crippen LogP contribution in [0, 0.1) is 12.7 Å². The number of rotatable bonds is 2. The number of ketones is 1. The number of carbonyl (C=O) groups excluding carboxylic acids is 1. The molecular formula is C13H10FNO. The summed E-state index contributed by atoms with van der Waals surface area (Å²) in [6.07, 6.45) is 3.16. The Bertz CT molecular complexity index is 489. The van der Waals surface area contributed by atoms with Crippen LogP contribution in [0.5, 0.6) is 0 Å². The number of pyridine rings is 1. The van der Waals surface area contributed by atoms with Gasteiger partial charge in [-0.2, -0.15) is 0 Å². The average Bonchev–Trinajstić information content (AvgIpc) is 2.28. The first-order valence-electron chi connectivity index (χ1n) is 4.89. The monoisotopic (exact) mass is 215 g/mol. The number of hydrogen-bond acceptors (Lipinski definition) is 2. The molecule has 0 bridgehead atoms. The second-order valence-electron chi connectivity index (χ2n) is 3.59. The van der Waals surface area contributed by atoms with Crippen LogP contribution in [0.15, 0.2) is 42.7 Å². The van der Waals surface area contributed by atoms with Crippen LogP contribution in [0.1, 0.15) is 21.5 Å². The maximum atomic E-state index is 13.0. The Morgan fingerprint density at radius 1 is 1.19 bits per heavy atom. The second kappa shape index (κ2) is 4.23. The van der Waals surface area contributed by atoms with Gasteiger partial charge < -0.3 is 0 Å². The van der Waals surface area contributed by atoms with Crippen LogP contribution in [-0.2, 0) is 0 Å². The highest BCUT2D eigenvalue weighted by molar-refractivity contribution is 6.08. The van der Waals surface area contributed by atoms with E-state index in [4.69, 9.17) is 0 Å². The average molecular weight is 215 g/mol. The molecule has 0 fully saturated rings. The molecule has 3 heteroatoms. The zero-order valence-electron chi connectivity index (χ0n) is 8.77. The molecular weight excluding hydrogens is 205 g/mol. The molecule has 2 nitrogen and oxygen atoms in total. The number of nitrogens with zero attached hydrogens (tertiary/aromatic N) is 1. The molecule has 0 N–H and O–H groups in total. The number of carbonyl (C=O) groups is 1. The molecule has 16 heavy (non-hydrogen) atoms. The molecule has 0 aliphatic rings. The van der Waals surface area contributed by atoms with Gasteiger partial charge in [-0.15, -0.1) is 0 Å². The van der Waals surface area contributed by atoms with Gasteiger partial charge in [0.15, 0.2) is 5.78 Å². The summed E-state index contributed by atoms with van der Waals surface area (Å²) in [7, 11) is 0. The van der Waals surface area contributed by atoms with E-state index in [9.17, 15) is 9.18 Å². The number of hydrogen-bond donors (Lipinski definition) is 0. The van der Waals surface area contributed by atoms with Gasteiger partial charge in [0.2, 0.25) is 0 Å². The molecule has 2 rings (SSSR count). The molecule has 0 aliphatic carbocycles. The van der Waals surface area contributed by atoms with Crippen molar-refractivity contribution >= 4 is 5.78 Å². The molecule has 0 amide bonds. The summed E-state index contributed by atoms with van der Waals surface area (Å²) in [5.74, 6) is -0.623. The van der Waals surface area contributed by atoms with Crippen molar-refractivity contribution in [1.29, 1.82) is 0 Å². The largest absolute Gasteiger partial charge is 0.289 e. The van der Waals surface area contributed by atoms with Crippen molar-refractivity contribution in [3.8, 4) is 0 Å². The maximum absolute atomic E-state index is 13.0. The quantitative estimate of drug-likeness (QED) is 0.721. The smallest absolute Gasteiger partial charge is 0.194 e. The standard InChI is InChI=1S/C13H10FNO/c1-9-5-11(8-15-7-9)13(16)10-3-2-4-12(14)6-10/h2-8H,1H3. The van der Waals surface area contributed by atoms with Crippen LogP contribution in [0.25, 0.3) is 0 Å². The Kier molecular flexibility index (Phi) is 2.77. The summed E-state index contributed by atoms with van der Waals surface area (Å²) in [6, 6.07) is 7.38. The SMILES string of the molecule is Cc1cncc(C(=O)c2cccc(F)c2)c1. The summed E-state index contributed by atoms with van der Waals surface area (Å²) >= 11 is 0. The predicted octanol–water partition coefficient (Wildman–Crippen LogP) is 2.76. The van der Waals surface area contributed by atoms with E-state index in [1.165, 1.54) is 24.4 Å². The highest BCUT2D eigenvalue weighted by Gasteiger charge is 2.09. The van der Waals surface area contributed by atoms with E-state index in [2.05, 4.69) is 4.98 Å². The van der Waals surface area contributed by atoms with Gasteiger partial charge in [-0.05, 0) is 30.7 Å². The van der Waals surface area contributed by atoms with Gasteiger partial charge in [0, 0.05) is 23.5 Å². The molecule has 0 atom stereocenters. The number of aromatic nitrogens is 1. The molecule has 0 radical (unpaired) electrons. The number of halogens is 1. The zero-order chi connectivity index (χ0) is 11.5. The fourth-order valence-electron chi connectivity index (χ4n) is 1.48. The third-order valence-corrected chi connectivity index (χ3v) is 2.22. The molecule has 0 saturated heterocycles. The van der Waals surface area contributed by atoms with Crippen molar-refractivity contribution in [2.45, 2.75) is 6.92 Å². The van der Waals surface area contributed by atoms with E-state index in [0.29, 0.717) is 11.1 Å². The molecule has 0 saturated carbocycles. The van der Waals surface area contributed by atoms with Crippen molar-refractivity contribution in [1.82, 2.24) is 4.98 Å². The van der Waals surface area contributed by atoms with E-state index in [1.807, 2.05) is 6.92 Å². The van der Waals surface area contributed by atoms with E-state index in [0.717, 1.165) is 5.56 Å². The Morgan fingerprint density at radius 2 is 2.00 bits per heavy atom. The van der Waals surface area contributed by atoms with Crippen LogP contribution >= 0.6 is 0 Å². The normalized spacial score (nSPS) is 10.1. The molecule has 1 aromatic heterocycles. The Labute approximate surface area is 92.8 Å². The summed E-state index contributed by atoms with van der Waals surface area (Å²) in [5, 5.41) is 0. The van der Waals surface area contributed by atoms with Crippen LogP contribution < -0.4 is 0 Å². The van der Waals surface area contributed by atoms with Crippen molar-refractivity contribution in [3.63, 3.8) is 0 Å². The van der Waals surface area contributed by atoms with Crippen molar-refractivity contribution < 1.29 is 9.18 Å². The minimum absolute atomic E-state index is 0.212. The van der Waals surface area contributed by atoms with Crippen LogP contribution in [-0.4, -0.2) is 10.8 Å². The Balaban J connectivity index is 2.39. The van der Waals surface area contributed by atoms with E-state index >= 15 is 0 Å². The van der Waals surface area contributed by atoms with Gasteiger partial charge in [-0.1, -0.05) is 12.1 Å². The number of benzene rings is 1. The van der Waals surface area contributed by atoms with Gasteiger partial charge in [0.1, 0.15) is 5.82 Å². The molecule has 0 spiro atoms. The van der Waals surface area contributed by atoms with Gasteiger partial charge in [0.25, 0.3) is 0 Å². The van der Waals surface area contributed by atoms with E-state index in [-0.39, 0.29) is 5.78 Å². The highest BCUT2D eigenvalue weighted by Crippen LogP contribution is 2.11. The van der Waals surface area contributed by atoms with Gasteiger partial charge in [-0.3, -0.25) is 9.78 Å².